The highest BCUT2D eigenvalue weighted by Crippen LogP contribution is 2.32. The number of hydrogen-bond donors (Lipinski definition) is 2. The lowest BCUT2D eigenvalue weighted by molar-refractivity contribution is -0.126. The lowest BCUT2D eigenvalue weighted by Gasteiger charge is -2.25. The lowest BCUT2D eigenvalue weighted by atomic mass is 9.89. The molecule has 122 valence electrons. The molecule has 0 bridgehead atoms. The lowest BCUT2D eigenvalue weighted by Crippen LogP contribution is -2.35. The van der Waals surface area contributed by atoms with E-state index in [4.69, 9.17) is 0 Å². The van der Waals surface area contributed by atoms with Crippen LogP contribution in [0.3, 0.4) is 0 Å². The molecule has 2 N–H and O–H groups in total. The number of allylic oxidation sites excluding steroid dienone is 1. The average molecular weight is 316 g/mol. The SMILES string of the molecule is O=C1C[C@H](C(=O)NCCC2=CCCCC2)c2ccc(F)cc2N1. The quantitative estimate of drug-likeness (QED) is 0.838. The fourth-order valence-corrected chi connectivity index (χ4v) is 3.27. The third-order valence-corrected chi connectivity index (χ3v) is 4.50. The Morgan fingerprint density at radius 2 is 2.22 bits per heavy atom. The third kappa shape index (κ3) is 3.78. The van der Waals surface area contributed by atoms with Crippen LogP contribution < -0.4 is 10.6 Å². The minimum absolute atomic E-state index is 0.104. The van der Waals surface area contributed by atoms with E-state index in [9.17, 15) is 14.0 Å². The maximum absolute atomic E-state index is 13.3. The normalized spacial score (nSPS) is 20.3. The van der Waals surface area contributed by atoms with Crippen LogP contribution in [0.2, 0.25) is 0 Å². The van der Waals surface area contributed by atoms with Gasteiger partial charge in [-0.25, -0.2) is 4.39 Å². The summed E-state index contributed by atoms with van der Waals surface area (Å²) >= 11 is 0. The highest BCUT2D eigenvalue weighted by atomic mass is 19.1. The molecule has 1 aromatic carbocycles. The monoisotopic (exact) mass is 316 g/mol. The number of hydrogen-bond acceptors (Lipinski definition) is 2. The summed E-state index contributed by atoms with van der Waals surface area (Å²) in [5.74, 6) is -1.38. The molecule has 4 nitrogen and oxygen atoms in total. The van der Waals surface area contributed by atoms with E-state index < -0.39 is 11.7 Å². The molecule has 0 saturated carbocycles. The summed E-state index contributed by atoms with van der Waals surface area (Å²) < 4.78 is 13.3. The molecule has 0 radical (unpaired) electrons. The number of fused-ring (bicyclic) bond motifs is 1. The van der Waals surface area contributed by atoms with E-state index in [0.29, 0.717) is 17.8 Å². The molecule has 1 atom stereocenters. The highest BCUT2D eigenvalue weighted by molar-refractivity contribution is 6.01. The van der Waals surface area contributed by atoms with Crippen LogP contribution in [0.5, 0.6) is 0 Å². The number of anilines is 1. The van der Waals surface area contributed by atoms with Crippen molar-refractivity contribution in [3.63, 3.8) is 0 Å². The first-order valence-corrected chi connectivity index (χ1v) is 8.18. The first-order chi connectivity index (χ1) is 11.1. The summed E-state index contributed by atoms with van der Waals surface area (Å²) in [4.78, 5) is 24.2. The Morgan fingerprint density at radius 1 is 1.35 bits per heavy atom. The molecule has 0 aromatic heterocycles. The van der Waals surface area contributed by atoms with Gasteiger partial charge in [0.25, 0.3) is 0 Å². The van der Waals surface area contributed by atoms with Gasteiger partial charge in [-0.05, 0) is 49.8 Å². The number of amides is 2. The fraction of sp³-hybridized carbons (Fsp3) is 0.444. The topological polar surface area (TPSA) is 58.2 Å². The summed E-state index contributed by atoms with van der Waals surface area (Å²) in [6.45, 7) is 0.583. The van der Waals surface area contributed by atoms with E-state index in [2.05, 4.69) is 16.7 Å². The molecule has 1 aliphatic carbocycles. The average Bonchev–Trinajstić information content (AvgIpc) is 2.54. The van der Waals surface area contributed by atoms with E-state index in [1.165, 1.54) is 30.5 Å². The van der Waals surface area contributed by atoms with Gasteiger partial charge in [-0.1, -0.05) is 17.7 Å². The highest BCUT2D eigenvalue weighted by Gasteiger charge is 2.30. The van der Waals surface area contributed by atoms with E-state index in [1.54, 1.807) is 6.07 Å². The van der Waals surface area contributed by atoms with Crippen molar-refractivity contribution in [1.82, 2.24) is 5.32 Å². The van der Waals surface area contributed by atoms with Crippen LogP contribution in [0.15, 0.2) is 29.8 Å². The van der Waals surface area contributed by atoms with Crippen LogP contribution in [0.25, 0.3) is 0 Å². The van der Waals surface area contributed by atoms with E-state index in [-0.39, 0.29) is 18.2 Å². The Balaban J connectivity index is 1.63. The number of rotatable bonds is 4. The van der Waals surface area contributed by atoms with Crippen molar-refractivity contribution in [3.8, 4) is 0 Å². The van der Waals surface area contributed by atoms with Crippen molar-refractivity contribution >= 4 is 17.5 Å². The smallest absolute Gasteiger partial charge is 0.228 e. The molecule has 1 heterocycles. The van der Waals surface area contributed by atoms with E-state index in [1.807, 2.05) is 0 Å². The Kier molecular flexibility index (Phi) is 4.74. The van der Waals surface area contributed by atoms with Gasteiger partial charge in [-0.2, -0.15) is 0 Å². The maximum Gasteiger partial charge on any atom is 0.228 e. The molecule has 0 unspecified atom stereocenters. The summed E-state index contributed by atoms with van der Waals surface area (Å²) in [5, 5.41) is 5.55. The number of halogens is 1. The zero-order valence-corrected chi connectivity index (χ0v) is 13.0. The zero-order chi connectivity index (χ0) is 16.2. The molecule has 3 rings (SSSR count). The summed E-state index contributed by atoms with van der Waals surface area (Å²) in [6, 6.07) is 4.17. The molecule has 1 aliphatic heterocycles. The van der Waals surface area contributed by atoms with Crippen LogP contribution in [0.4, 0.5) is 10.1 Å². The van der Waals surface area contributed by atoms with Crippen molar-refractivity contribution in [1.29, 1.82) is 0 Å². The largest absolute Gasteiger partial charge is 0.355 e. The van der Waals surface area contributed by atoms with Crippen molar-refractivity contribution < 1.29 is 14.0 Å². The number of carbonyl (C=O) groups excluding carboxylic acids is 2. The van der Waals surface area contributed by atoms with Gasteiger partial charge in [0, 0.05) is 18.7 Å². The van der Waals surface area contributed by atoms with Gasteiger partial charge >= 0.3 is 0 Å². The van der Waals surface area contributed by atoms with Crippen molar-refractivity contribution in [3.05, 3.63) is 41.2 Å². The van der Waals surface area contributed by atoms with Gasteiger partial charge in [0.05, 0.1) is 5.92 Å². The fourth-order valence-electron chi connectivity index (χ4n) is 3.27. The summed E-state index contributed by atoms with van der Waals surface area (Å²) in [6.07, 6.45) is 7.95. The second kappa shape index (κ2) is 6.94. The predicted molar refractivity (Wildman–Crippen MR) is 86.6 cm³/mol. The number of carbonyl (C=O) groups is 2. The molecule has 23 heavy (non-hydrogen) atoms. The van der Waals surface area contributed by atoms with Gasteiger partial charge in [0.15, 0.2) is 0 Å². The zero-order valence-electron chi connectivity index (χ0n) is 13.0. The van der Waals surface area contributed by atoms with Gasteiger partial charge in [-0.3, -0.25) is 9.59 Å². The summed E-state index contributed by atoms with van der Waals surface area (Å²) in [5.41, 5.74) is 2.48. The van der Waals surface area contributed by atoms with Gasteiger partial charge in [0.1, 0.15) is 5.82 Å². The Hall–Kier alpha value is -2.17. The molecule has 0 saturated heterocycles. The van der Waals surface area contributed by atoms with Crippen molar-refractivity contribution in [2.45, 2.75) is 44.4 Å². The molecular formula is C18H21FN2O2. The molecule has 2 aliphatic rings. The Bertz CT molecular complexity index is 654. The number of benzene rings is 1. The molecule has 2 amide bonds. The van der Waals surface area contributed by atoms with Gasteiger partial charge in [-0.15, -0.1) is 0 Å². The molecule has 0 fully saturated rings. The van der Waals surface area contributed by atoms with Crippen LogP contribution in [-0.4, -0.2) is 18.4 Å². The Morgan fingerprint density at radius 3 is 3.00 bits per heavy atom. The maximum atomic E-state index is 13.3. The minimum Gasteiger partial charge on any atom is -0.355 e. The molecule has 0 spiro atoms. The molecular weight excluding hydrogens is 295 g/mol. The summed E-state index contributed by atoms with van der Waals surface area (Å²) in [7, 11) is 0. The minimum atomic E-state index is -0.542. The standard InChI is InChI=1S/C18H21FN2O2/c19-13-6-7-14-15(11-17(22)21-16(14)10-13)18(23)20-9-8-12-4-2-1-3-5-12/h4,6-7,10,15H,1-3,5,8-9,11H2,(H,20,23)(H,21,22)/t15-/m0/s1. The van der Waals surface area contributed by atoms with Crippen molar-refractivity contribution in [2.75, 3.05) is 11.9 Å². The third-order valence-electron chi connectivity index (χ3n) is 4.50. The van der Waals surface area contributed by atoms with Crippen LogP contribution in [0.1, 0.15) is 50.0 Å². The molecule has 5 heteroatoms. The Labute approximate surface area is 135 Å². The predicted octanol–water partition coefficient (Wildman–Crippen LogP) is 3.26. The molecule has 1 aromatic rings. The van der Waals surface area contributed by atoms with Crippen LogP contribution in [-0.2, 0) is 9.59 Å². The van der Waals surface area contributed by atoms with E-state index in [0.717, 1.165) is 19.3 Å². The second-order valence-corrected chi connectivity index (χ2v) is 6.19. The number of nitrogens with one attached hydrogen (secondary N) is 2. The van der Waals surface area contributed by atoms with E-state index >= 15 is 0 Å². The van der Waals surface area contributed by atoms with Crippen LogP contribution in [0, 0.1) is 5.82 Å². The first-order valence-electron chi connectivity index (χ1n) is 8.18. The van der Waals surface area contributed by atoms with Gasteiger partial charge in [0.2, 0.25) is 11.8 Å². The second-order valence-electron chi connectivity index (χ2n) is 6.19. The van der Waals surface area contributed by atoms with Crippen LogP contribution >= 0.6 is 0 Å². The van der Waals surface area contributed by atoms with Gasteiger partial charge < -0.3 is 10.6 Å². The van der Waals surface area contributed by atoms with Crippen molar-refractivity contribution in [2.24, 2.45) is 0 Å². The first kappa shape index (κ1) is 15.7.